The lowest BCUT2D eigenvalue weighted by Gasteiger charge is -2.27. The molecule has 0 amide bonds. The van der Waals surface area contributed by atoms with Gasteiger partial charge in [-0.1, -0.05) is 176 Å². The van der Waals surface area contributed by atoms with Gasteiger partial charge in [-0.3, -0.25) is 0 Å². The maximum atomic E-state index is 6.88. The van der Waals surface area contributed by atoms with Crippen LogP contribution in [0.25, 0.3) is 77.2 Å². The van der Waals surface area contributed by atoms with Crippen LogP contribution >= 0.6 is 0 Å². The van der Waals surface area contributed by atoms with E-state index in [4.69, 9.17) is 4.42 Å². The predicted molar refractivity (Wildman–Crippen MR) is 228 cm³/mol. The van der Waals surface area contributed by atoms with Gasteiger partial charge in [0.1, 0.15) is 11.2 Å². The lowest BCUT2D eigenvalue weighted by molar-refractivity contribution is 0.673. The Morgan fingerprint density at radius 2 is 0.778 bits per heavy atom. The summed E-state index contributed by atoms with van der Waals surface area (Å²) in [6, 6.07) is 75.7. The molecule has 10 rings (SSSR count). The first-order valence-electron chi connectivity index (χ1n) is 18.4. The van der Waals surface area contributed by atoms with E-state index in [0.717, 1.165) is 55.3 Å². The molecule has 0 bridgehead atoms. The third-order valence-electron chi connectivity index (χ3n) is 10.5. The smallest absolute Gasteiger partial charge is 0.143 e. The monoisotopic (exact) mass is 689 g/mol. The van der Waals surface area contributed by atoms with E-state index in [0.29, 0.717) is 0 Å². The highest BCUT2D eigenvalue weighted by molar-refractivity contribution is 6.24. The lowest BCUT2D eigenvalue weighted by Crippen LogP contribution is -2.10. The standard InChI is InChI=1S/C52H35NO/c1-5-15-36(16-6-1)38-25-29-42(30-26-38)53(43-31-27-39(28-32-43)37-17-7-2-8-18-37)48-35-47-51-49(54-52(47)46-24-14-13-23-45(46)48)34-33-44(40-19-9-3-10-20-40)50(51)41-21-11-4-12-22-41/h1-35H. The van der Waals surface area contributed by atoms with Crippen molar-refractivity contribution in [1.82, 2.24) is 0 Å². The Balaban J connectivity index is 1.25. The van der Waals surface area contributed by atoms with Gasteiger partial charge in [0.05, 0.1) is 5.69 Å². The molecule has 0 aliphatic carbocycles. The van der Waals surface area contributed by atoms with Gasteiger partial charge in [0.15, 0.2) is 0 Å². The van der Waals surface area contributed by atoms with Gasteiger partial charge in [-0.05, 0) is 75.3 Å². The highest BCUT2D eigenvalue weighted by Gasteiger charge is 2.23. The molecule has 0 saturated heterocycles. The highest BCUT2D eigenvalue weighted by Crippen LogP contribution is 2.48. The minimum absolute atomic E-state index is 0.872. The first-order valence-corrected chi connectivity index (χ1v) is 18.4. The van der Waals surface area contributed by atoms with Crippen molar-refractivity contribution in [3.05, 3.63) is 212 Å². The fourth-order valence-corrected chi connectivity index (χ4v) is 7.91. The normalized spacial score (nSPS) is 11.3. The number of fused-ring (bicyclic) bond motifs is 5. The van der Waals surface area contributed by atoms with E-state index >= 15 is 0 Å². The summed E-state index contributed by atoms with van der Waals surface area (Å²) in [5.74, 6) is 0. The molecule has 1 aromatic heterocycles. The number of benzene rings is 9. The summed E-state index contributed by atoms with van der Waals surface area (Å²) in [6.07, 6.45) is 0. The van der Waals surface area contributed by atoms with E-state index in [1.54, 1.807) is 0 Å². The average molecular weight is 690 g/mol. The van der Waals surface area contributed by atoms with Crippen molar-refractivity contribution < 1.29 is 4.42 Å². The molecule has 2 nitrogen and oxygen atoms in total. The topological polar surface area (TPSA) is 16.4 Å². The molecule has 9 aromatic carbocycles. The summed E-state index contributed by atoms with van der Waals surface area (Å²) >= 11 is 0. The molecule has 0 unspecified atom stereocenters. The van der Waals surface area contributed by atoms with Crippen molar-refractivity contribution in [2.24, 2.45) is 0 Å². The Bertz CT molecular complexity index is 2800. The fraction of sp³-hybridized carbons (Fsp3) is 0. The Labute approximate surface area is 314 Å². The summed E-state index contributed by atoms with van der Waals surface area (Å²) in [6.45, 7) is 0. The van der Waals surface area contributed by atoms with Gasteiger partial charge in [0, 0.05) is 38.5 Å². The van der Waals surface area contributed by atoms with E-state index in [-0.39, 0.29) is 0 Å². The molecule has 0 saturated carbocycles. The van der Waals surface area contributed by atoms with Crippen molar-refractivity contribution in [3.63, 3.8) is 0 Å². The van der Waals surface area contributed by atoms with Gasteiger partial charge in [0.2, 0.25) is 0 Å². The summed E-state index contributed by atoms with van der Waals surface area (Å²) in [7, 11) is 0. The SMILES string of the molecule is c1ccc(-c2ccc(N(c3ccc(-c4ccccc4)cc3)c3cc4c(oc5ccc(-c6ccccc6)c(-c6ccccc6)c54)c4ccccc34)cc2)cc1. The highest BCUT2D eigenvalue weighted by atomic mass is 16.3. The minimum Gasteiger partial charge on any atom is -0.455 e. The van der Waals surface area contributed by atoms with Crippen LogP contribution in [-0.4, -0.2) is 0 Å². The molecule has 0 radical (unpaired) electrons. The number of furan rings is 1. The van der Waals surface area contributed by atoms with Gasteiger partial charge in [-0.2, -0.15) is 0 Å². The van der Waals surface area contributed by atoms with Crippen molar-refractivity contribution in [2.45, 2.75) is 0 Å². The van der Waals surface area contributed by atoms with Crippen LogP contribution < -0.4 is 4.90 Å². The molecule has 0 spiro atoms. The molecule has 10 aromatic rings. The van der Waals surface area contributed by atoms with Crippen LogP contribution in [0.2, 0.25) is 0 Å². The Kier molecular flexibility index (Phi) is 7.85. The molecule has 0 aliphatic rings. The first-order chi connectivity index (χ1) is 26.8. The van der Waals surface area contributed by atoms with E-state index in [2.05, 4.69) is 217 Å². The third-order valence-corrected chi connectivity index (χ3v) is 10.5. The largest absolute Gasteiger partial charge is 0.455 e. The van der Waals surface area contributed by atoms with Crippen molar-refractivity contribution in [1.29, 1.82) is 0 Å². The van der Waals surface area contributed by atoms with E-state index in [1.165, 1.54) is 38.9 Å². The van der Waals surface area contributed by atoms with E-state index in [9.17, 15) is 0 Å². The number of nitrogens with zero attached hydrogens (tertiary/aromatic N) is 1. The van der Waals surface area contributed by atoms with Crippen LogP contribution in [0, 0.1) is 0 Å². The second-order valence-corrected chi connectivity index (χ2v) is 13.7. The van der Waals surface area contributed by atoms with Crippen molar-refractivity contribution in [2.75, 3.05) is 4.90 Å². The molecule has 0 atom stereocenters. The van der Waals surface area contributed by atoms with Crippen LogP contribution in [0.1, 0.15) is 0 Å². The quantitative estimate of drug-likeness (QED) is 0.166. The molecule has 54 heavy (non-hydrogen) atoms. The molecule has 0 aliphatic heterocycles. The predicted octanol–water partition coefficient (Wildman–Crippen LogP) is 14.9. The molecular weight excluding hydrogens is 655 g/mol. The Morgan fingerprint density at radius 3 is 1.31 bits per heavy atom. The third kappa shape index (κ3) is 5.53. The van der Waals surface area contributed by atoms with Crippen LogP contribution in [0.15, 0.2) is 217 Å². The van der Waals surface area contributed by atoms with Crippen molar-refractivity contribution >= 4 is 49.8 Å². The summed E-state index contributed by atoms with van der Waals surface area (Å²) in [4.78, 5) is 2.40. The fourth-order valence-electron chi connectivity index (χ4n) is 7.91. The molecule has 254 valence electrons. The minimum atomic E-state index is 0.872. The summed E-state index contributed by atoms with van der Waals surface area (Å²) in [5.41, 5.74) is 14.4. The van der Waals surface area contributed by atoms with Crippen LogP contribution in [-0.2, 0) is 0 Å². The van der Waals surface area contributed by atoms with Gasteiger partial charge in [-0.25, -0.2) is 0 Å². The molecule has 2 heteroatoms. The maximum absolute atomic E-state index is 6.88. The average Bonchev–Trinajstić information content (AvgIpc) is 3.64. The number of rotatable bonds is 7. The Morgan fingerprint density at radius 1 is 0.333 bits per heavy atom. The Hall–Kier alpha value is -7.16. The first kappa shape index (κ1) is 31.6. The number of hydrogen-bond donors (Lipinski definition) is 0. The maximum Gasteiger partial charge on any atom is 0.143 e. The van der Waals surface area contributed by atoms with E-state index < -0.39 is 0 Å². The molecule has 0 fully saturated rings. The zero-order chi connectivity index (χ0) is 35.8. The second-order valence-electron chi connectivity index (χ2n) is 13.7. The van der Waals surface area contributed by atoms with Gasteiger partial charge < -0.3 is 9.32 Å². The van der Waals surface area contributed by atoms with Crippen LogP contribution in [0.4, 0.5) is 17.1 Å². The number of hydrogen-bond acceptors (Lipinski definition) is 2. The van der Waals surface area contributed by atoms with Gasteiger partial charge in [0.25, 0.3) is 0 Å². The molecule has 1 heterocycles. The van der Waals surface area contributed by atoms with Gasteiger partial charge >= 0.3 is 0 Å². The van der Waals surface area contributed by atoms with Crippen LogP contribution in [0.3, 0.4) is 0 Å². The molecule has 0 N–H and O–H groups in total. The summed E-state index contributed by atoms with van der Waals surface area (Å²) in [5, 5.41) is 4.40. The molecular formula is C52H35NO. The lowest BCUT2D eigenvalue weighted by atomic mass is 9.90. The number of anilines is 3. The van der Waals surface area contributed by atoms with Gasteiger partial charge in [-0.15, -0.1) is 0 Å². The zero-order valence-electron chi connectivity index (χ0n) is 29.6. The second kappa shape index (κ2) is 13.4. The summed E-state index contributed by atoms with van der Waals surface area (Å²) < 4.78 is 6.88. The zero-order valence-corrected chi connectivity index (χ0v) is 29.6. The van der Waals surface area contributed by atoms with Crippen molar-refractivity contribution in [3.8, 4) is 44.5 Å². The van der Waals surface area contributed by atoms with Crippen LogP contribution in [0.5, 0.6) is 0 Å². The van der Waals surface area contributed by atoms with E-state index in [1.807, 2.05) is 0 Å².